The van der Waals surface area contributed by atoms with Crippen LogP contribution in [0.25, 0.3) is 10.8 Å². The van der Waals surface area contributed by atoms with Gasteiger partial charge in [-0.05, 0) is 29.0 Å². The molecule has 1 aromatic heterocycles. The lowest BCUT2D eigenvalue weighted by Crippen LogP contribution is -2.41. The number of nitrogens with zero attached hydrogens (tertiary/aromatic N) is 1. The molecule has 0 radical (unpaired) electrons. The third kappa shape index (κ3) is 4.30. The second-order valence-electron chi connectivity index (χ2n) is 5.73. The highest BCUT2D eigenvalue weighted by Crippen LogP contribution is 2.17. The highest BCUT2D eigenvalue weighted by atomic mass is 16.2. The number of hydrogen-bond donors (Lipinski definition) is 2. The van der Waals surface area contributed by atoms with Gasteiger partial charge in [-0.1, -0.05) is 36.4 Å². The van der Waals surface area contributed by atoms with Gasteiger partial charge in [-0.3, -0.25) is 30.2 Å². The fourth-order valence-electron chi connectivity index (χ4n) is 2.49. The Morgan fingerprint density at radius 1 is 0.808 bits per heavy atom. The molecule has 0 atom stereocenters. The maximum Gasteiger partial charge on any atom is 0.271 e. The molecule has 0 spiro atoms. The Labute approximate surface area is 150 Å². The Morgan fingerprint density at radius 3 is 2.38 bits per heavy atom. The van der Waals surface area contributed by atoms with Crippen molar-refractivity contribution in [3.05, 3.63) is 78.1 Å². The van der Waals surface area contributed by atoms with Gasteiger partial charge in [0.1, 0.15) is 0 Å². The summed E-state index contributed by atoms with van der Waals surface area (Å²) in [5, 5.41) is 2.03. The topological polar surface area (TPSA) is 88.2 Å². The van der Waals surface area contributed by atoms with Gasteiger partial charge in [0, 0.05) is 30.8 Å². The maximum absolute atomic E-state index is 12.3. The molecule has 0 aliphatic carbocycles. The summed E-state index contributed by atoms with van der Waals surface area (Å²) in [5.74, 6) is -1.02. The van der Waals surface area contributed by atoms with Crippen molar-refractivity contribution in [1.29, 1.82) is 0 Å². The smallest absolute Gasteiger partial charge is 0.271 e. The van der Waals surface area contributed by atoms with Gasteiger partial charge >= 0.3 is 0 Å². The number of carbonyl (C=O) groups is 3. The monoisotopic (exact) mass is 347 g/mol. The van der Waals surface area contributed by atoms with Gasteiger partial charge in [0.05, 0.1) is 5.56 Å². The molecule has 1 heterocycles. The lowest BCUT2D eigenvalue weighted by molar-refractivity contribution is -0.121. The Balaban J connectivity index is 1.50. The fourth-order valence-corrected chi connectivity index (χ4v) is 2.49. The summed E-state index contributed by atoms with van der Waals surface area (Å²) in [7, 11) is 0. The highest BCUT2D eigenvalue weighted by molar-refractivity contribution is 6.01. The Hall–Kier alpha value is -3.54. The number of pyridine rings is 1. The van der Waals surface area contributed by atoms with E-state index in [1.54, 1.807) is 24.4 Å². The zero-order chi connectivity index (χ0) is 18.4. The SMILES string of the molecule is O=C(CCC(=O)c1ccc2ccccc2c1)NNC(=O)c1cccnc1. The predicted molar refractivity (Wildman–Crippen MR) is 97.4 cm³/mol. The van der Waals surface area contributed by atoms with Crippen LogP contribution in [0.3, 0.4) is 0 Å². The first-order chi connectivity index (χ1) is 12.6. The third-order valence-corrected chi connectivity index (χ3v) is 3.89. The van der Waals surface area contributed by atoms with Crippen LogP contribution in [0, 0.1) is 0 Å². The van der Waals surface area contributed by atoms with Crippen molar-refractivity contribution in [2.45, 2.75) is 12.8 Å². The van der Waals surface area contributed by atoms with Gasteiger partial charge in [-0.25, -0.2) is 0 Å². The largest absolute Gasteiger partial charge is 0.294 e. The van der Waals surface area contributed by atoms with Crippen LogP contribution in [-0.2, 0) is 4.79 Å². The molecule has 0 unspecified atom stereocenters. The molecule has 0 saturated heterocycles. The molecule has 2 amide bonds. The normalized spacial score (nSPS) is 10.3. The minimum atomic E-state index is -0.465. The molecule has 3 aromatic rings. The highest BCUT2D eigenvalue weighted by Gasteiger charge is 2.11. The third-order valence-electron chi connectivity index (χ3n) is 3.89. The summed E-state index contributed by atoms with van der Waals surface area (Å²) in [6, 6.07) is 16.4. The zero-order valence-electron chi connectivity index (χ0n) is 13.9. The van der Waals surface area contributed by atoms with Gasteiger partial charge in [-0.2, -0.15) is 0 Å². The number of ketones is 1. The van der Waals surface area contributed by atoms with Crippen LogP contribution in [0.2, 0.25) is 0 Å². The Bertz CT molecular complexity index is 955. The van der Waals surface area contributed by atoms with Crippen LogP contribution in [0.1, 0.15) is 33.6 Å². The summed E-state index contributed by atoms with van der Waals surface area (Å²) >= 11 is 0. The van der Waals surface area contributed by atoms with Crippen molar-refractivity contribution >= 4 is 28.4 Å². The van der Waals surface area contributed by atoms with Crippen molar-refractivity contribution in [3.63, 3.8) is 0 Å². The number of hydrogen-bond acceptors (Lipinski definition) is 4. The predicted octanol–water partition coefficient (Wildman–Crippen LogP) is 2.66. The van der Waals surface area contributed by atoms with E-state index in [1.807, 2.05) is 36.4 Å². The van der Waals surface area contributed by atoms with Gasteiger partial charge in [0.15, 0.2) is 5.78 Å². The second-order valence-corrected chi connectivity index (χ2v) is 5.73. The molecular weight excluding hydrogens is 330 g/mol. The van der Waals surface area contributed by atoms with Crippen molar-refractivity contribution < 1.29 is 14.4 Å². The van der Waals surface area contributed by atoms with Gasteiger partial charge < -0.3 is 0 Å². The molecule has 0 aliphatic rings. The number of Topliss-reactive ketones (excluding diaryl/α,β-unsaturated/α-hetero) is 1. The molecule has 26 heavy (non-hydrogen) atoms. The van der Waals surface area contributed by atoms with Crippen molar-refractivity contribution in [2.75, 3.05) is 0 Å². The maximum atomic E-state index is 12.3. The van der Waals surface area contributed by atoms with Crippen LogP contribution in [0.4, 0.5) is 0 Å². The Kier molecular flexibility index (Phi) is 5.34. The first-order valence-corrected chi connectivity index (χ1v) is 8.15. The van der Waals surface area contributed by atoms with Crippen LogP contribution < -0.4 is 10.9 Å². The molecule has 2 N–H and O–H groups in total. The first-order valence-electron chi connectivity index (χ1n) is 8.15. The molecule has 6 nitrogen and oxygen atoms in total. The van der Waals surface area contributed by atoms with E-state index in [9.17, 15) is 14.4 Å². The number of aromatic nitrogens is 1. The van der Waals surface area contributed by atoms with Crippen LogP contribution in [0.5, 0.6) is 0 Å². The summed E-state index contributed by atoms with van der Waals surface area (Å²) < 4.78 is 0. The number of nitrogens with one attached hydrogen (secondary N) is 2. The number of fused-ring (bicyclic) bond motifs is 1. The summed E-state index contributed by atoms with van der Waals surface area (Å²) in [5.41, 5.74) is 5.49. The van der Waals surface area contributed by atoms with E-state index in [2.05, 4.69) is 15.8 Å². The Morgan fingerprint density at radius 2 is 1.62 bits per heavy atom. The molecule has 0 fully saturated rings. The van der Waals surface area contributed by atoms with Gasteiger partial charge in [0.2, 0.25) is 5.91 Å². The molecule has 6 heteroatoms. The van der Waals surface area contributed by atoms with Crippen molar-refractivity contribution in [1.82, 2.24) is 15.8 Å². The number of rotatable bonds is 5. The van der Waals surface area contributed by atoms with Crippen LogP contribution >= 0.6 is 0 Å². The van der Waals surface area contributed by atoms with E-state index in [1.165, 1.54) is 6.20 Å². The molecule has 0 aliphatic heterocycles. The minimum Gasteiger partial charge on any atom is -0.294 e. The van der Waals surface area contributed by atoms with E-state index in [0.717, 1.165) is 10.8 Å². The second kappa shape index (κ2) is 8.02. The van der Waals surface area contributed by atoms with Crippen molar-refractivity contribution in [2.24, 2.45) is 0 Å². The zero-order valence-corrected chi connectivity index (χ0v) is 13.9. The first kappa shape index (κ1) is 17.3. The summed E-state index contributed by atoms with van der Waals surface area (Å²) in [6.45, 7) is 0. The molecule has 3 rings (SSSR count). The standard InChI is InChI=1S/C20H17N3O3/c24-18(16-8-7-14-4-1-2-5-15(14)12-16)9-10-19(25)22-23-20(26)17-6-3-11-21-13-17/h1-8,11-13H,9-10H2,(H,22,25)(H,23,26). The average molecular weight is 347 g/mol. The van der Waals surface area contributed by atoms with Crippen molar-refractivity contribution in [3.8, 4) is 0 Å². The quantitative estimate of drug-likeness (QED) is 0.549. The van der Waals surface area contributed by atoms with E-state index in [4.69, 9.17) is 0 Å². The average Bonchev–Trinajstić information content (AvgIpc) is 2.70. The minimum absolute atomic E-state index is 0.0149. The number of benzene rings is 2. The van der Waals surface area contributed by atoms with E-state index < -0.39 is 11.8 Å². The van der Waals surface area contributed by atoms with Crippen LogP contribution in [-0.4, -0.2) is 22.6 Å². The van der Waals surface area contributed by atoms with Crippen LogP contribution in [0.15, 0.2) is 67.0 Å². The van der Waals surface area contributed by atoms with E-state index in [-0.39, 0.29) is 18.6 Å². The fraction of sp³-hybridized carbons (Fsp3) is 0.100. The molecule has 2 aromatic carbocycles. The van der Waals surface area contributed by atoms with Gasteiger partial charge in [-0.15, -0.1) is 0 Å². The number of amides is 2. The lowest BCUT2D eigenvalue weighted by atomic mass is 10.0. The lowest BCUT2D eigenvalue weighted by Gasteiger charge is -2.07. The molecule has 130 valence electrons. The summed E-state index contributed by atoms with van der Waals surface area (Å²) in [6.07, 6.45) is 2.99. The van der Waals surface area contributed by atoms with E-state index in [0.29, 0.717) is 11.1 Å². The number of hydrazine groups is 1. The molecule has 0 saturated carbocycles. The van der Waals surface area contributed by atoms with Gasteiger partial charge in [0.25, 0.3) is 5.91 Å². The van der Waals surface area contributed by atoms with E-state index >= 15 is 0 Å². The number of carbonyl (C=O) groups excluding carboxylic acids is 3. The molecule has 0 bridgehead atoms. The molecular formula is C20H17N3O3. The summed E-state index contributed by atoms with van der Waals surface area (Å²) in [4.78, 5) is 39.7.